The molecule has 16 heavy (non-hydrogen) atoms. The smallest absolute Gasteiger partial charge is 0.226 e. The zero-order valence-corrected chi connectivity index (χ0v) is 9.75. The van der Waals surface area contributed by atoms with Crippen LogP contribution in [0, 0.1) is 0 Å². The van der Waals surface area contributed by atoms with Gasteiger partial charge in [0.15, 0.2) is 5.13 Å². The number of nitrogens with one attached hydrogen (secondary N) is 1. The van der Waals surface area contributed by atoms with Crippen LogP contribution in [0.3, 0.4) is 0 Å². The Morgan fingerprint density at radius 2 is 2.44 bits per heavy atom. The van der Waals surface area contributed by atoms with Crippen LogP contribution in [-0.2, 0) is 11.2 Å². The van der Waals surface area contributed by atoms with E-state index in [9.17, 15) is 9.90 Å². The zero-order chi connectivity index (χ0) is 12.2. The van der Waals surface area contributed by atoms with Crippen LogP contribution in [0.1, 0.15) is 12.6 Å². The van der Waals surface area contributed by atoms with E-state index in [0.717, 1.165) is 0 Å². The third kappa shape index (κ3) is 4.13. The van der Waals surface area contributed by atoms with Gasteiger partial charge in [0.05, 0.1) is 18.7 Å². The number of thiazole rings is 1. The first-order valence-electron chi connectivity index (χ1n) is 4.73. The van der Waals surface area contributed by atoms with Crippen molar-refractivity contribution in [2.24, 2.45) is 0 Å². The maximum Gasteiger partial charge on any atom is 0.226 e. The monoisotopic (exact) mass is 245 g/mol. The zero-order valence-electron chi connectivity index (χ0n) is 8.93. The van der Waals surface area contributed by atoms with E-state index in [1.807, 2.05) is 0 Å². The number of hydrogen-bond donors (Lipinski definition) is 4. The van der Waals surface area contributed by atoms with Crippen molar-refractivity contribution in [3.8, 4) is 0 Å². The molecule has 6 nitrogen and oxygen atoms in total. The molecule has 0 fully saturated rings. The SMILES string of the molecule is CC(O)(CO)CNC(=O)Cc1csc(N)n1. The minimum atomic E-state index is -1.29. The molecule has 1 unspecified atom stereocenters. The second kappa shape index (κ2) is 5.24. The predicted octanol–water partition coefficient (Wildman–Crippen LogP) is -0.873. The normalized spacial score (nSPS) is 14.4. The van der Waals surface area contributed by atoms with Crippen molar-refractivity contribution in [1.29, 1.82) is 0 Å². The lowest BCUT2D eigenvalue weighted by atomic mass is 10.1. The molecule has 90 valence electrons. The van der Waals surface area contributed by atoms with Crippen LogP contribution in [0.2, 0.25) is 0 Å². The van der Waals surface area contributed by atoms with Crippen LogP contribution in [0.15, 0.2) is 5.38 Å². The van der Waals surface area contributed by atoms with Crippen LogP contribution >= 0.6 is 11.3 Å². The molecular weight excluding hydrogens is 230 g/mol. The fourth-order valence-corrected chi connectivity index (χ4v) is 1.54. The first-order chi connectivity index (χ1) is 7.43. The summed E-state index contributed by atoms with van der Waals surface area (Å²) in [4.78, 5) is 15.3. The predicted molar refractivity (Wildman–Crippen MR) is 60.9 cm³/mol. The Balaban J connectivity index is 2.37. The Labute approximate surface area is 97.1 Å². The first-order valence-corrected chi connectivity index (χ1v) is 5.61. The third-order valence-electron chi connectivity index (χ3n) is 1.92. The minimum Gasteiger partial charge on any atom is -0.393 e. The summed E-state index contributed by atoms with van der Waals surface area (Å²) in [7, 11) is 0. The summed E-state index contributed by atoms with van der Waals surface area (Å²) in [6.45, 7) is 1.03. The highest BCUT2D eigenvalue weighted by molar-refractivity contribution is 7.13. The molecule has 1 heterocycles. The number of carbonyl (C=O) groups is 1. The van der Waals surface area contributed by atoms with Crippen molar-refractivity contribution in [3.63, 3.8) is 0 Å². The van der Waals surface area contributed by atoms with Crippen LogP contribution < -0.4 is 11.1 Å². The van der Waals surface area contributed by atoms with Crippen molar-refractivity contribution in [2.75, 3.05) is 18.9 Å². The van der Waals surface area contributed by atoms with Gasteiger partial charge >= 0.3 is 0 Å². The van der Waals surface area contributed by atoms with Gasteiger partial charge in [-0.1, -0.05) is 0 Å². The molecule has 1 aromatic heterocycles. The molecule has 1 atom stereocenters. The molecule has 1 rings (SSSR count). The third-order valence-corrected chi connectivity index (χ3v) is 2.64. The molecule has 0 aromatic carbocycles. The van der Waals surface area contributed by atoms with Crippen molar-refractivity contribution in [2.45, 2.75) is 18.9 Å². The number of aromatic nitrogens is 1. The number of aliphatic hydroxyl groups excluding tert-OH is 1. The molecule has 0 saturated carbocycles. The molecule has 0 saturated heterocycles. The van der Waals surface area contributed by atoms with Gasteiger partial charge in [-0.15, -0.1) is 11.3 Å². The Bertz CT molecular complexity index is 365. The summed E-state index contributed by atoms with van der Waals surface area (Å²) in [6, 6.07) is 0. The van der Waals surface area contributed by atoms with E-state index in [4.69, 9.17) is 10.8 Å². The molecule has 1 aromatic rings. The average Bonchev–Trinajstić information content (AvgIpc) is 2.61. The summed E-state index contributed by atoms with van der Waals surface area (Å²) in [5, 5.41) is 22.9. The van der Waals surface area contributed by atoms with Crippen LogP contribution in [0.25, 0.3) is 0 Å². The number of carbonyl (C=O) groups excluding carboxylic acids is 1. The highest BCUT2D eigenvalue weighted by Gasteiger charge is 2.19. The highest BCUT2D eigenvalue weighted by atomic mass is 32.1. The van der Waals surface area contributed by atoms with E-state index in [1.54, 1.807) is 5.38 Å². The number of nitrogens with two attached hydrogens (primary N) is 1. The van der Waals surface area contributed by atoms with E-state index < -0.39 is 12.2 Å². The molecule has 0 aliphatic heterocycles. The highest BCUT2D eigenvalue weighted by Crippen LogP contribution is 2.11. The van der Waals surface area contributed by atoms with Crippen LogP contribution in [-0.4, -0.2) is 39.9 Å². The number of hydrogen-bond acceptors (Lipinski definition) is 6. The van der Waals surface area contributed by atoms with Crippen molar-refractivity contribution >= 4 is 22.4 Å². The van der Waals surface area contributed by atoms with Gasteiger partial charge in [-0.3, -0.25) is 4.79 Å². The second-order valence-electron chi connectivity index (χ2n) is 3.79. The molecule has 0 aliphatic carbocycles. The van der Waals surface area contributed by atoms with E-state index in [1.165, 1.54) is 18.3 Å². The van der Waals surface area contributed by atoms with Gasteiger partial charge in [-0.25, -0.2) is 4.98 Å². The molecule has 5 N–H and O–H groups in total. The number of amides is 1. The molecule has 7 heteroatoms. The lowest BCUT2D eigenvalue weighted by Crippen LogP contribution is -2.43. The Morgan fingerprint density at radius 3 is 2.94 bits per heavy atom. The summed E-state index contributed by atoms with van der Waals surface area (Å²) in [5.74, 6) is -0.265. The van der Waals surface area contributed by atoms with Gasteiger partial charge in [0.1, 0.15) is 5.60 Å². The fraction of sp³-hybridized carbons (Fsp3) is 0.556. The second-order valence-corrected chi connectivity index (χ2v) is 4.68. The Morgan fingerprint density at radius 1 is 1.75 bits per heavy atom. The minimum absolute atomic E-state index is 0.00194. The maximum atomic E-state index is 11.4. The van der Waals surface area contributed by atoms with Crippen molar-refractivity contribution < 1.29 is 15.0 Å². The molecule has 0 radical (unpaired) electrons. The summed E-state index contributed by atoms with van der Waals surface area (Å²) in [6.07, 6.45) is 0.120. The van der Waals surface area contributed by atoms with E-state index >= 15 is 0 Å². The first kappa shape index (κ1) is 12.9. The lowest BCUT2D eigenvalue weighted by molar-refractivity contribution is -0.122. The van der Waals surface area contributed by atoms with Gasteiger partial charge in [0.2, 0.25) is 5.91 Å². The number of nitrogens with zero attached hydrogens (tertiary/aromatic N) is 1. The van der Waals surface area contributed by atoms with Gasteiger partial charge in [-0.2, -0.15) is 0 Å². The average molecular weight is 245 g/mol. The largest absolute Gasteiger partial charge is 0.393 e. The summed E-state index contributed by atoms with van der Waals surface area (Å²) < 4.78 is 0. The number of nitrogen functional groups attached to an aromatic ring is 1. The number of aliphatic hydroxyl groups is 2. The molecule has 0 aliphatic rings. The topological polar surface area (TPSA) is 108 Å². The summed E-state index contributed by atoms with van der Waals surface area (Å²) in [5.41, 5.74) is 4.73. The van der Waals surface area contributed by atoms with E-state index in [-0.39, 0.29) is 18.9 Å². The number of rotatable bonds is 5. The van der Waals surface area contributed by atoms with Gasteiger partial charge in [-0.05, 0) is 6.92 Å². The van der Waals surface area contributed by atoms with Crippen LogP contribution in [0.4, 0.5) is 5.13 Å². The standard InChI is InChI=1S/C9H15N3O3S/c1-9(15,5-13)4-11-7(14)2-6-3-16-8(10)12-6/h3,13,15H,2,4-5H2,1H3,(H2,10,12)(H,11,14). The Kier molecular flexibility index (Phi) is 4.22. The number of anilines is 1. The van der Waals surface area contributed by atoms with Crippen LogP contribution in [0.5, 0.6) is 0 Å². The van der Waals surface area contributed by atoms with Gasteiger partial charge in [0.25, 0.3) is 0 Å². The van der Waals surface area contributed by atoms with Crippen molar-refractivity contribution in [3.05, 3.63) is 11.1 Å². The van der Waals surface area contributed by atoms with E-state index in [2.05, 4.69) is 10.3 Å². The molecule has 1 amide bonds. The Hall–Kier alpha value is -1.18. The molecule has 0 spiro atoms. The summed E-state index contributed by atoms with van der Waals surface area (Å²) >= 11 is 1.27. The fourth-order valence-electron chi connectivity index (χ4n) is 0.976. The molecule has 0 bridgehead atoms. The van der Waals surface area contributed by atoms with Crippen molar-refractivity contribution in [1.82, 2.24) is 10.3 Å². The van der Waals surface area contributed by atoms with Gasteiger partial charge < -0.3 is 21.3 Å². The quantitative estimate of drug-likeness (QED) is 0.539. The van der Waals surface area contributed by atoms with E-state index in [0.29, 0.717) is 10.8 Å². The van der Waals surface area contributed by atoms with Gasteiger partial charge in [0, 0.05) is 11.9 Å². The molecular formula is C9H15N3O3S. The lowest BCUT2D eigenvalue weighted by Gasteiger charge is -2.20. The maximum absolute atomic E-state index is 11.4.